The molecular formula is C36H51N5O2. The van der Waals surface area contributed by atoms with Crippen LogP contribution in [-0.4, -0.2) is 54.9 Å². The molecule has 1 aliphatic rings. The third-order valence-electron chi connectivity index (χ3n) is 6.82. The molecule has 0 bridgehead atoms. The van der Waals surface area contributed by atoms with Gasteiger partial charge in [0, 0.05) is 17.6 Å². The number of benzene rings is 3. The third kappa shape index (κ3) is 10.1. The quantitative estimate of drug-likeness (QED) is 0.181. The Balaban J connectivity index is 0.000000220. The normalized spacial score (nSPS) is 13.2. The summed E-state index contributed by atoms with van der Waals surface area (Å²) >= 11 is 0. The van der Waals surface area contributed by atoms with Crippen molar-refractivity contribution in [3.8, 4) is 22.6 Å². The molecule has 1 aromatic heterocycles. The first-order chi connectivity index (χ1) is 20.8. The molecule has 7 nitrogen and oxygen atoms in total. The largest absolute Gasteiger partial charge is 0.494 e. The summed E-state index contributed by atoms with van der Waals surface area (Å²) in [5.74, 6) is 1.90. The van der Waals surface area contributed by atoms with E-state index in [1.807, 2.05) is 25.1 Å². The van der Waals surface area contributed by atoms with Gasteiger partial charge in [0.25, 0.3) is 0 Å². The predicted octanol–water partition coefficient (Wildman–Crippen LogP) is 8.57. The number of anilines is 2. The molecule has 7 heteroatoms. The first-order valence-corrected chi connectivity index (χ1v) is 15.7. The first-order valence-electron chi connectivity index (χ1n) is 15.7. The van der Waals surface area contributed by atoms with Crippen molar-refractivity contribution in [1.29, 1.82) is 0 Å². The number of aromatic nitrogens is 2. The summed E-state index contributed by atoms with van der Waals surface area (Å²) in [7, 11) is 4.13. The lowest BCUT2D eigenvalue weighted by Crippen LogP contribution is -2.16. The third-order valence-corrected chi connectivity index (χ3v) is 6.82. The van der Waals surface area contributed by atoms with Crippen LogP contribution in [0.5, 0.6) is 11.5 Å². The van der Waals surface area contributed by atoms with Gasteiger partial charge < -0.3 is 25.0 Å². The molecule has 0 saturated carbocycles. The molecule has 5 rings (SSSR count). The second kappa shape index (κ2) is 17.3. The van der Waals surface area contributed by atoms with Gasteiger partial charge in [-0.3, -0.25) is 0 Å². The average molecular weight is 586 g/mol. The lowest BCUT2D eigenvalue weighted by Gasteiger charge is -2.12. The summed E-state index contributed by atoms with van der Waals surface area (Å²) in [6.45, 7) is 15.2. The SMILES string of the molecule is CCC.CCCOc1ccc(-c2ccc3c(c2)NC(C)N3)cc1CC.Cc1ncnc2ccc(OCCCN(C)C)cc12. The maximum absolute atomic E-state index is 5.83. The zero-order valence-electron chi connectivity index (χ0n) is 27.5. The van der Waals surface area contributed by atoms with Crippen LogP contribution in [0.15, 0.2) is 60.9 Å². The zero-order valence-corrected chi connectivity index (χ0v) is 27.5. The number of aryl methyl sites for hydroxylation is 2. The average Bonchev–Trinajstić information content (AvgIpc) is 3.38. The molecule has 0 radical (unpaired) electrons. The van der Waals surface area contributed by atoms with Crippen molar-refractivity contribution >= 4 is 22.3 Å². The van der Waals surface area contributed by atoms with E-state index in [0.29, 0.717) is 6.17 Å². The molecule has 43 heavy (non-hydrogen) atoms. The van der Waals surface area contributed by atoms with Crippen LogP contribution >= 0.6 is 0 Å². The van der Waals surface area contributed by atoms with Crippen LogP contribution in [-0.2, 0) is 6.42 Å². The lowest BCUT2D eigenvalue weighted by molar-refractivity contribution is 0.282. The Morgan fingerprint density at radius 2 is 1.53 bits per heavy atom. The number of fused-ring (bicyclic) bond motifs is 2. The van der Waals surface area contributed by atoms with E-state index in [-0.39, 0.29) is 0 Å². The highest BCUT2D eigenvalue weighted by Gasteiger charge is 2.16. The zero-order chi connectivity index (χ0) is 31.2. The molecule has 0 saturated heterocycles. The fourth-order valence-corrected chi connectivity index (χ4v) is 4.69. The van der Waals surface area contributed by atoms with Crippen LogP contribution < -0.4 is 20.1 Å². The molecule has 1 aliphatic heterocycles. The molecule has 3 aromatic carbocycles. The monoisotopic (exact) mass is 585 g/mol. The molecule has 2 heterocycles. The maximum Gasteiger partial charge on any atom is 0.122 e. The van der Waals surface area contributed by atoms with Crippen molar-refractivity contribution in [2.75, 3.05) is 44.5 Å². The van der Waals surface area contributed by atoms with Crippen LogP contribution in [0.4, 0.5) is 11.4 Å². The number of hydrogen-bond acceptors (Lipinski definition) is 7. The van der Waals surface area contributed by atoms with Gasteiger partial charge >= 0.3 is 0 Å². The molecule has 1 unspecified atom stereocenters. The van der Waals surface area contributed by atoms with Crippen molar-refractivity contribution in [3.05, 3.63) is 72.2 Å². The molecule has 0 amide bonds. The van der Waals surface area contributed by atoms with E-state index < -0.39 is 0 Å². The van der Waals surface area contributed by atoms with Crippen molar-refractivity contribution < 1.29 is 9.47 Å². The lowest BCUT2D eigenvalue weighted by atomic mass is 10.0. The van der Waals surface area contributed by atoms with Gasteiger partial charge in [-0.1, -0.05) is 46.2 Å². The number of nitrogens with one attached hydrogen (secondary N) is 2. The summed E-state index contributed by atoms with van der Waals surface area (Å²) in [5, 5.41) is 7.90. The minimum atomic E-state index is 0.293. The van der Waals surface area contributed by atoms with E-state index in [1.54, 1.807) is 6.33 Å². The molecule has 2 N–H and O–H groups in total. The van der Waals surface area contributed by atoms with Gasteiger partial charge in [-0.05, 0) is 106 Å². The number of hydrogen-bond donors (Lipinski definition) is 2. The van der Waals surface area contributed by atoms with Crippen LogP contribution in [0, 0.1) is 6.92 Å². The van der Waals surface area contributed by atoms with Gasteiger partial charge in [0.05, 0.1) is 36.3 Å². The van der Waals surface area contributed by atoms with Crippen LogP contribution in [0.2, 0.25) is 0 Å². The summed E-state index contributed by atoms with van der Waals surface area (Å²) in [6.07, 6.45) is 6.17. The Labute approximate surface area is 259 Å². The fourth-order valence-electron chi connectivity index (χ4n) is 4.69. The molecular weight excluding hydrogens is 534 g/mol. The molecule has 0 fully saturated rings. The highest BCUT2D eigenvalue weighted by Crippen LogP contribution is 2.35. The van der Waals surface area contributed by atoms with Gasteiger partial charge in [0.15, 0.2) is 0 Å². The van der Waals surface area contributed by atoms with E-state index in [4.69, 9.17) is 9.47 Å². The van der Waals surface area contributed by atoms with E-state index >= 15 is 0 Å². The Kier molecular flexibility index (Phi) is 13.6. The smallest absolute Gasteiger partial charge is 0.122 e. The maximum atomic E-state index is 5.83. The number of rotatable bonds is 10. The fraction of sp³-hybridized carbons (Fsp3) is 0.444. The Morgan fingerprint density at radius 1 is 0.814 bits per heavy atom. The van der Waals surface area contributed by atoms with E-state index in [2.05, 4.69) is 111 Å². The van der Waals surface area contributed by atoms with Crippen LogP contribution in [0.25, 0.3) is 22.0 Å². The highest BCUT2D eigenvalue weighted by atomic mass is 16.5. The van der Waals surface area contributed by atoms with Gasteiger partial charge in [0.2, 0.25) is 0 Å². The van der Waals surface area contributed by atoms with Gasteiger partial charge in [-0.15, -0.1) is 0 Å². The Morgan fingerprint density at radius 3 is 2.26 bits per heavy atom. The number of nitrogens with zero attached hydrogens (tertiary/aromatic N) is 3. The topological polar surface area (TPSA) is 71.5 Å². The van der Waals surface area contributed by atoms with Crippen LogP contribution in [0.3, 0.4) is 0 Å². The molecule has 232 valence electrons. The Hall–Kier alpha value is -3.84. The van der Waals surface area contributed by atoms with Gasteiger partial charge in [0.1, 0.15) is 17.8 Å². The Bertz CT molecular complexity index is 1420. The van der Waals surface area contributed by atoms with Gasteiger partial charge in [-0.2, -0.15) is 0 Å². The van der Waals surface area contributed by atoms with Crippen molar-refractivity contribution in [3.63, 3.8) is 0 Å². The minimum Gasteiger partial charge on any atom is -0.494 e. The van der Waals surface area contributed by atoms with E-state index in [0.717, 1.165) is 67.1 Å². The number of ether oxygens (including phenoxy) is 2. The van der Waals surface area contributed by atoms with Crippen LogP contribution in [0.1, 0.15) is 65.1 Å². The predicted molar refractivity (Wildman–Crippen MR) is 183 cm³/mol. The minimum absolute atomic E-state index is 0.293. The highest BCUT2D eigenvalue weighted by molar-refractivity contribution is 5.82. The van der Waals surface area contributed by atoms with E-state index in [1.165, 1.54) is 34.5 Å². The standard InChI is InChI=1S/C19H24N2O.C14H19N3O.C3H8/c1-4-10-22-19-9-7-15(11-14(19)5-2)16-6-8-17-18(12-16)21-13(3)20-17;1-11-13-9-12(18-8-4-7-17(2)3)5-6-14(13)16-10-15-11;1-3-2/h6-9,11-13,20-21H,4-5,10H2,1-3H3;5-6,9-10H,4,7-8H2,1-3H3;3H2,1-2H3. The second-order valence-corrected chi connectivity index (χ2v) is 11.1. The molecule has 1 atom stereocenters. The van der Waals surface area contributed by atoms with Gasteiger partial charge in [-0.25, -0.2) is 9.97 Å². The summed E-state index contributed by atoms with van der Waals surface area (Å²) in [5.41, 5.74) is 8.04. The molecule has 4 aromatic rings. The summed E-state index contributed by atoms with van der Waals surface area (Å²) < 4.78 is 11.6. The van der Waals surface area contributed by atoms with Crippen molar-refractivity contribution in [1.82, 2.24) is 14.9 Å². The molecule has 0 aliphatic carbocycles. The molecule has 0 spiro atoms. The summed E-state index contributed by atoms with van der Waals surface area (Å²) in [4.78, 5) is 10.6. The van der Waals surface area contributed by atoms with E-state index in [9.17, 15) is 0 Å². The first kappa shape index (κ1) is 33.7. The van der Waals surface area contributed by atoms with Crippen molar-refractivity contribution in [2.45, 2.75) is 73.4 Å². The summed E-state index contributed by atoms with van der Waals surface area (Å²) in [6, 6.07) is 19.0. The second-order valence-electron chi connectivity index (χ2n) is 11.1. The van der Waals surface area contributed by atoms with Crippen molar-refractivity contribution in [2.24, 2.45) is 0 Å².